The number of carbonyl (C=O) groups excluding carboxylic acids is 3. The molecule has 5 fully saturated rings. The number of imide groups is 1. The maximum atomic E-state index is 13.2. The van der Waals surface area contributed by atoms with Gasteiger partial charge in [-0.05, 0) is 68.3 Å². The molecule has 29 heavy (non-hydrogen) atoms. The van der Waals surface area contributed by atoms with Crippen LogP contribution in [0.3, 0.4) is 0 Å². The Morgan fingerprint density at radius 2 is 1.66 bits per heavy atom. The van der Waals surface area contributed by atoms with E-state index in [1.807, 2.05) is 37.3 Å². The van der Waals surface area contributed by atoms with E-state index in [2.05, 4.69) is 10.6 Å². The van der Waals surface area contributed by atoms with Crippen LogP contribution in [-0.2, 0) is 15.1 Å². The van der Waals surface area contributed by atoms with Gasteiger partial charge in [0.1, 0.15) is 12.1 Å². The summed E-state index contributed by atoms with van der Waals surface area (Å²) < 4.78 is 0. The quantitative estimate of drug-likeness (QED) is 0.753. The summed E-state index contributed by atoms with van der Waals surface area (Å²) in [5.74, 6) is 1.63. The fourth-order valence-electron chi connectivity index (χ4n) is 6.87. The summed E-state index contributed by atoms with van der Waals surface area (Å²) in [6.07, 6.45) is 7.50. The van der Waals surface area contributed by atoms with Gasteiger partial charge in [-0.1, -0.05) is 37.3 Å². The lowest BCUT2D eigenvalue weighted by Gasteiger charge is -2.56. The fraction of sp³-hybridized carbons (Fsp3) is 0.609. The average Bonchev–Trinajstić information content (AvgIpc) is 2.92. The van der Waals surface area contributed by atoms with E-state index in [9.17, 15) is 14.4 Å². The highest BCUT2D eigenvalue weighted by Gasteiger charge is 2.54. The minimum absolute atomic E-state index is 0.119. The van der Waals surface area contributed by atoms with Crippen molar-refractivity contribution in [2.24, 2.45) is 17.8 Å². The van der Waals surface area contributed by atoms with E-state index in [0.29, 0.717) is 6.42 Å². The SMILES string of the molecule is CC[C@]1(c2ccccc2)NC(=O)N(CC(=O)NC23CC4CC(CC(C4)C2)C3)C1=O. The number of urea groups is 1. The van der Waals surface area contributed by atoms with Crippen LogP contribution in [0.15, 0.2) is 30.3 Å². The van der Waals surface area contributed by atoms with Gasteiger partial charge in [-0.15, -0.1) is 0 Å². The maximum absolute atomic E-state index is 13.2. The van der Waals surface area contributed by atoms with Crippen molar-refractivity contribution in [2.45, 2.75) is 62.9 Å². The number of amides is 4. The smallest absolute Gasteiger partial charge is 0.325 e. The molecular weight excluding hydrogens is 366 g/mol. The Morgan fingerprint density at radius 3 is 2.21 bits per heavy atom. The topological polar surface area (TPSA) is 78.5 Å². The van der Waals surface area contributed by atoms with Crippen LogP contribution in [0.1, 0.15) is 57.4 Å². The van der Waals surface area contributed by atoms with Gasteiger partial charge in [-0.2, -0.15) is 0 Å². The summed E-state index contributed by atoms with van der Waals surface area (Å²) in [7, 11) is 0. The zero-order chi connectivity index (χ0) is 20.2. The molecule has 1 aromatic rings. The average molecular weight is 396 g/mol. The molecule has 1 heterocycles. The first-order valence-corrected chi connectivity index (χ1v) is 10.9. The van der Waals surface area contributed by atoms with Crippen molar-refractivity contribution in [2.75, 3.05) is 6.54 Å². The van der Waals surface area contributed by atoms with Gasteiger partial charge in [-0.25, -0.2) is 4.79 Å². The van der Waals surface area contributed by atoms with Gasteiger partial charge in [0, 0.05) is 5.54 Å². The van der Waals surface area contributed by atoms with E-state index in [1.165, 1.54) is 19.3 Å². The molecule has 4 aliphatic carbocycles. The highest BCUT2D eigenvalue weighted by atomic mass is 16.2. The predicted octanol–water partition coefficient (Wildman–Crippen LogP) is 2.93. The van der Waals surface area contributed by atoms with E-state index >= 15 is 0 Å². The molecule has 0 unspecified atom stereocenters. The number of hydrogen-bond acceptors (Lipinski definition) is 3. The van der Waals surface area contributed by atoms with Gasteiger partial charge in [0.15, 0.2) is 0 Å². The fourth-order valence-corrected chi connectivity index (χ4v) is 6.87. The summed E-state index contributed by atoms with van der Waals surface area (Å²) >= 11 is 0. The monoisotopic (exact) mass is 395 g/mol. The molecule has 1 aromatic carbocycles. The van der Waals surface area contributed by atoms with E-state index in [0.717, 1.165) is 47.5 Å². The van der Waals surface area contributed by atoms with E-state index < -0.39 is 11.6 Å². The van der Waals surface area contributed by atoms with Crippen LogP contribution in [-0.4, -0.2) is 34.8 Å². The lowest BCUT2D eigenvalue weighted by molar-refractivity contribution is -0.137. The second-order valence-corrected chi connectivity index (χ2v) is 9.69. The van der Waals surface area contributed by atoms with Gasteiger partial charge >= 0.3 is 6.03 Å². The minimum atomic E-state index is -1.08. The van der Waals surface area contributed by atoms with Crippen molar-refractivity contribution in [3.05, 3.63) is 35.9 Å². The summed E-state index contributed by atoms with van der Waals surface area (Å²) in [6, 6.07) is 8.80. The normalized spacial score (nSPS) is 37.7. The Bertz CT molecular complexity index is 817. The third-order valence-corrected chi connectivity index (χ3v) is 7.72. The summed E-state index contributed by atoms with van der Waals surface area (Å²) in [5, 5.41) is 6.12. The van der Waals surface area contributed by atoms with Crippen LogP contribution in [0.4, 0.5) is 4.79 Å². The van der Waals surface area contributed by atoms with Crippen LogP contribution < -0.4 is 10.6 Å². The Morgan fingerprint density at radius 1 is 1.07 bits per heavy atom. The highest BCUT2D eigenvalue weighted by Crippen LogP contribution is 2.55. The van der Waals surface area contributed by atoms with Gasteiger partial charge in [0.25, 0.3) is 5.91 Å². The highest BCUT2D eigenvalue weighted by molar-refractivity contribution is 6.09. The summed E-state index contributed by atoms with van der Waals surface area (Å²) in [4.78, 5) is 39.9. The van der Waals surface area contributed by atoms with E-state index in [4.69, 9.17) is 0 Å². The Balaban J connectivity index is 1.31. The molecule has 0 radical (unpaired) electrons. The number of carbonyl (C=O) groups is 3. The van der Waals surface area contributed by atoms with Crippen LogP contribution >= 0.6 is 0 Å². The molecule has 1 aliphatic heterocycles. The van der Waals surface area contributed by atoms with Crippen LogP contribution in [0.5, 0.6) is 0 Å². The Hall–Kier alpha value is -2.37. The molecule has 0 aromatic heterocycles. The first kappa shape index (κ1) is 18.6. The number of nitrogens with one attached hydrogen (secondary N) is 2. The largest absolute Gasteiger partial charge is 0.349 e. The molecule has 6 heteroatoms. The lowest BCUT2D eigenvalue weighted by Crippen LogP contribution is -2.61. The third kappa shape index (κ3) is 2.95. The number of hydrogen-bond donors (Lipinski definition) is 2. The van der Waals surface area contributed by atoms with Gasteiger partial charge in [0.05, 0.1) is 0 Å². The second kappa shape index (κ2) is 6.57. The molecule has 154 valence electrons. The first-order valence-electron chi connectivity index (χ1n) is 10.9. The first-order chi connectivity index (χ1) is 13.9. The van der Waals surface area contributed by atoms with Gasteiger partial charge in [0.2, 0.25) is 5.91 Å². The van der Waals surface area contributed by atoms with Crippen molar-refractivity contribution in [1.29, 1.82) is 0 Å². The standard InChI is InChI=1S/C23H29N3O3/c1-2-23(18-6-4-3-5-7-18)20(28)26(21(29)25-23)14-19(27)24-22-11-15-8-16(12-22)10-17(9-15)13-22/h3-7,15-17H,2,8-14H2,1H3,(H,24,27)(H,25,29)/t15?,16?,17?,22?,23-/m1/s1. The molecule has 5 aliphatic rings. The van der Waals surface area contributed by atoms with Crippen molar-refractivity contribution < 1.29 is 14.4 Å². The maximum Gasteiger partial charge on any atom is 0.325 e. The Labute approximate surface area is 171 Å². The van der Waals surface area contributed by atoms with Crippen molar-refractivity contribution >= 4 is 17.8 Å². The minimum Gasteiger partial charge on any atom is -0.349 e. The van der Waals surface area contributed by atoms with E-state index in [1.54, 1.807) is 0 Å². The van der Waals surface area contributed by atoms with Crippen molar-refractivity contribution in [3.8, 4) is 0 Å². The van der Waals surface area contributed by atoms with Gasteiger partial charge in [-0.3, -0.25) is 14.5 Å². The summed E-state index contributed by atoms with van der Waals surface area (Å²) in [5.41, 5.74) is -0.448. The molecule has 4 amide bonds. The molecule has 1 atom stereocenters. The van der Waals surface area contributed by atoms with E-state index in [-0.39, 0.29) is 23.9 Å². The number of rotatable bonds is 5. The molecule has 0 spiro atoms. The second-order valence-electron chi connectivity index (χ2n) is 9.69. The molecule has 2 N–H and O–H groups in total. The molecular formula is C23H29N3O3. The Kier molecular flexibility index (Phi) is 4.23. The lowest BCUT2D eigenvalue weighted by atomic mass is 9.53. The zero-order valence-corrected chi connectivity index (χ0v) is 16.9. The zero-order valence-electron chi connectivity index (χ0n) is 16.9. The predicted molar refractivity (Wildman–Crippen MR) is 108 cm³/mol. The summed E-state index contributed by atoms with van der Waals surface area (Å²) in [6.45, 7) is 1.67. The molecule has 6 nitrogen and oxygen atoms in total. The van der Waals surface area contributed by atoms with Gasteiger partial charge < -0.3 is 10.6 Å². The molecule has 1 saturated heterocycles. The van der Waals surface area contributed by atoms with Crippen LogP contribution in [0.25, 0.3) is 0 Å². The molecule has 4 bridgehead atoms. The number of benzene rings is 1. The number of nitrogens with zero attached hydrogens (tertiary/aromatic N) is 1. The van der Waals surface area contributed by atoms with Crippen LogP contribution in [0.2, 0.25) is 0 Å². The van der Waals surface area contributed by atoms with Crippen molar-refractivity contribution in [3.63, 3.8) is 0 Å². The third-order valence-electron chi connectivity index (χ3n) is 7.72. The molecule has 6 rings (SSSR count). The van der Waals surface area contributed by atoms with Crippen molar-refractivity contribution in [1.82, 2.24) is 15.5 Å². The molecule has 4 saturated carbocycles. The van der Waals surface area contributed by atoms with Crippen LogP contribution in [0, 0.1) is 17.8 Å².